The molecule has 0 aromatic heterocycles. The highest BCUT2D eigenvalue weighted by atomic mass is 16.3. The van der Waals surface area contributed by atoms with E-state index in [1.54, 1.807) is 0 Å². The molecule has 0 aromatic rings. The van der Waals surface area contributed by atoms with Gasteiger partial charge in [-0.3, -0.25) is 4.79 Å². The molecule has 0 aliphatic rings. The van der Waals surface area contributed by atoms with Crippen LogP contribution in [0.1, 0.15) is 431 Å². The number of hydrogen-bond donors (Lipinski definition) is 5. The number of carbonyl (C=O) groups excluding carboxylic acids is 1. The van der Waals surface area contributed by atoms with E-state index in [-0.39, 0.29) is 0 Å². The molecule has 6 nitrogen and oxygen atoms in total. The molecule has 0 aliphatic carbocycles. The fourth-order valence-electron chi connectivity index (χ4n) is 12.4. The van der Waals surface area contributed by atoms with Crippen LogP contribution in [0, 0.1) is 0 Å². The molecule has 79 heavy (non-hydrogen) atoms. The molecule has 0 saturated heterocycles. The Hall–Kier alpha value is -0.690. The molecule has 4 atom stereocenters. The van der Waals surface area contributed by atoms with Gasteiger partial charge in [-0.05, 0) is 12.8 Å². The summed E-state index contributed by atoms with van der Waals surface area (Å²) >= 11 is 0. The molecule has 0 saturated carbocycles. The Kier molecular flexibility index (Phi) is 67.5. The summed E-state index contributed by atoms with van der Waals surface area (Å²) in [7, 11) is 0. The molecule has 0 bridgehead atoms. The molecule has 0 rings (SSSR count). The molecule has 5 N–H and O–H groups in total. The summed E-state index contributed by atoms with van der Waals surface area (Å²) in [4.78, 5) is 12.7. The number of rotatable bonds is 70. The van der Waals surface area contributed by atoms with Gasteiger partial charge in [0.1, 0.15) is 12.2 Å². The molecule has 0 radical (unpaired) electrons. The summed E-state index contributed by atoms with van der Waals surface area (Å²) < 4.78 is 0. The zero-order chi connectivity index (χ0) is 57.3. The Labute approximate surface area is 496 Å². The van der Waals surface area contributed by atoms with Gasteiger partial charge in [-0.1, -0.05) is 418 Å². The summed E-state index contributed by atoms with van der Waals surface area (Å²) in [5, 5.41) is 44.3. The van der Waals surface area contributed by atoms with Crippen molar-refractivity contribution in [3.8, 4) is 0 Å². The second kappa shape index (κ2) is 68.1. The lowest BCUT2D eigenvalue weighted by atomic mass is 9.99. The quantitative estimate of drug-likeness (QED) is 0.0390. The Bertz CT molecular complexity index is 1120. The third kappa shape index (κ3) is 61.7. The first-order valence-corrected chi connectivity index (χ1v) is 36.9. The maximum Gasteiger partial charge on any atom is 0.249 e. The molecule has 4 unspecified atom stereocenters. The minimum atomic E-state index is -1.26. The maximum atomic E-state index is 12.7. The highest BCUT2D eigenvalue weighted by molar-refractivity contribution is 5.80. The lowest BCUT2D eigenvalue weighted by molar-refractivity contribution is -0.132. The van der Waals surface area contributed by atoms with Crippen LogP contribution >= 0.6 is 0 Å². The molecule has 6 heteroatoms. The van der Waals surface area contributed by atoms with Gasteiger partial charge < -0.3 is 25.7 Å². The first-order chi connectivity index (χ1) is 39.0. The van der Waals surface area contributed by atoms with Crippen LogP contribution in [-0.4, -0.2) is 57.3 Å². The maximum absolute atomic E-state index is 12.7. The van der Waals surface area contributed by atoms with Crippen molar-refractivity contribution < 1.29 is 25.2 Å². The van der Waals surface area contributed by atoms with Crippen LogP contribution in [0.25, 0.3) is 0 Å². The van der Waals surface area contributed by atoms with E-state index in [1.165, 1.54) is 366 Å². The largest absolute Gasteiger partial charge is 0.394 e. The van der Waals surface area contributed by atoms with Crippen molar-refractivity contribution >= 4 is 5.91 Å². The van der Waals surface area contributed by atoms with Crippen molar-refractivity contribution in [1.29, 1.82) is 0 Å². The van der Waals surface area contributed by atoms with Gasteiger partial charge in [0, 0.05) is 0 Å². The molecular formula is C73H147NO5. The third-order valence-electron chi connectivity index (χ3n) is 18.1. The monoisotopic (exact) mass is 1120 g/mol. The van der Waals surface area contributed by atoms with Crippen LogP contribution in [0.5, 0.6) is 0 Å². The van der Waals surface area contributed by atoms with Crippen LogP contribution < -0.4 is 5.32 Å². The summed E-state index contributed by atoms with van der Waals surface area (Å²) in [6, 6.07) is -0.983. The average Bonchev–Trinajstić information content (AvgIpc) is 3.45. The van der Waals surface area contributed by atoms with E-state index in [4.69, 9.17) is 0 Å². The van der Waals surface area contributed by atoms with Crippen molar-refractivity contribution in [2.24, 2.45) is 0 Å². The van der Waals surface area contributed by atoms with Gasteiger partial charge in [0.25, 0.3) is 0 Å². The standard InChI is InChI=1S/C73H147NO5/c1-3-5-7-9-11-13-15-17-19-21-23-25-27-29-31-33-35-37-39-41-43-45-47-49-51-53-55-57-59-61-63-65-67-71(77)73(79)74-69(68-75)72(78)70(76)66-64-62-60-58-56-54-52-50-48-46-44-42-40-38-36-34-32-30-28-26-24-22-20-18-16-14-12-10-8-6-4-2/h69-72,75-78H,3-68H2,1-2H3,(H,74,79). The summed E-state index contributed by atoms with van der Waals surface area (Å²) in [5.41, 5.74) is 0. The van der Waals surface area contributed by atoms with E-state index in [0.717, 1.165) is 38.5 Å². The van der Waals surface area contributed by atoms with Gasteiger partial charge in [-0.15, -0.1) is 0 Å². The minimum absolute atomic E-state index is 0.377. The first-order valence-electron chi connectivity index (χ1n) is 36.9. The zero-order valence-corrected chi connectivity index (χ0v) is 54.2. The molecule has 0 aromatic carbocycles. The number of amides is 1. The Morgan fingerprint density at radius 1 is 0.266 bits per heavy atom. The average molecular weight is 1120 g/mol. The summed E-state index contributed by atoms with van der Waals surface area (Å²) in [5.74, 6) is -0.572. The molecule has 474 valence electrons. The Morgan fingerprint density at radius 2 is 0.430 bits per heavy atom. The Morgan fingerprint density at radius 3 is 0.608 bits per heavy atom. The van der Waals surface area contributed by atoms with Crippen LogP contribution in [0.4, 0.5) is 0 Å². The number of unbranched alkanes of at least 4 members (excludes halogenated alkanes) is 61. The van der Waals surface area contributed by atoms with Gasteiger partial charge in [-0.2, -0.15) is 0 Å². The number of hydrogen-bond acceptors (Lipinski definition) is 5. The van der Waals surface area contributed by atoms with E-state index >= 15 is 0 Å². The second-order valence-electron chi connectivity index (χ2n) is 26.0. The SMILES string of the molecule is CCCCCCCCCCCCCCCCCCCCCCCCCCCCCCCCCCC(O)C(=O)NC(CO)C(O)C(O)CCCCCCCCCCCCCCCCCCCCCCCCCCCCCCCCC. The lowest BCUT2D eigenvalue weighted by Gasteiger charge is -2.27. The van der Waals surface area contributed by atoms with Gasteiger partial charge in [0.2, 0.25) is 5.91 Å². The molecule has 0 spiro atoms. The van der Waals surface area contributed by atoms with Gasteiger partial charge in [0.05, 0.1) is 18.8 Å². The molecular weight excluding hydrogens is 971 g/mol. The predicted octanol–water partition coefficient (Wildman–Crippen LogP) is 22.9. The van der Waals surface area contributed by atoms with Crippen LogP contribution in [0.15, 0.2) is 0 Å². The van der Waals surface area contributed by atoms with Crippen molar-refractivity contribution in [2.75, 3.05) is 6.61 Å². The number of aliphatic hydroxyl groups excluding tert-OH is 4. The van der Waals surface area contributed by atoms with E-state index in [0.29, 0.717) is 12.8 Å². The first kappa shape index (κ1) is 78.3. The minimum Gasteiger partial charge on any atom is -0.394 e. The molecule has 1 amide bonds. The smallest absolute Gasteiger partial charge is 0.249 e. The Balaban J connectivity index is 3.49. The molecule has 0 fully saturated rings. The van der Waals surface area contributed by atoms with Crippen LogP contribution in [0.2, 0.25) is 0 Å². The van der Waals surface area contributed by atoms with Crippen molar-refractivity contribution in [2.45, 2.75) is 456 Å². The van der Waals surface area contributed by atoms with E-state index in [2.05, 4.69) is 19.2 Å². The number of carbonyl (C=O) groups is 1. The highest BCUT2D eigenvalue weighted by Crippen LogP contribution is 2.21. The van der Waals surface area contributed by atoms with Gasteiger partial charge in [0.15, 0.2) is 0 Å². The van der Waals surface area contributed by atoms with Gasteiger partial charge >= 0.3 is 0 Å². The summed E-state index contributed by atoms with van der Waals surface area (Å²) in [6.07, 6.45) is 83.9. The molecule has 0 heterocycles. The predicted molar refractivity (Wildman–Crippen MR) is 348 cm³/mol. The number of nitrogens with one attached hydrogen (secondary N) is 1. The fourth-order valence-corrected chi connectivity index (χ4v) is 12.4. The number of aliphatic hydroxyl groups is 4. The van der Waals surface area contributed by atoms with Crippen molar-refractivity contribution in [1.82, 2.24) is 5.32 Å². The van der Waals surface area contributed by atoms with Gasteiger partial charge in [-0.25, -0.2) is 0 Å². The topological polar surface area (TPSA) is 110 Å². The molecule has 0 aliphatic heterocycles. The van der Waals surface area contributed by atoms with Crippen molar-refractivity contribution in [3.63, 3.8) is 0 Å². The van der Waals surface area contributed by atoms with E-state index in [1.807, 2.05) is 0 Å². The van der Waals surface area contributed by atoms with E-state index < -0.39 is 36.9 Å². The fraction of sp³-hybridized carbons (Fsp3) is 0.986. The third-order valence-corrected chi connectivity index (χ3v) is 18.1. The second-order valence-corrected chi connectivity index (χ2v) is 26.0. The summed E-state index contributed by atoms with van der Waals surface area (Å²) in [6.45, 7) is 4.13. The van der Waals surface area contributed by atoms with Crippen LogP contribution in [-0.2, 0) is 4.79 Å². The van der Waals surface area contributed by atoms with E-state index in [9.17, 15) is 25.2 Å². The normalized spacial score (nSPS) is 13.3. The zero-order valence-electron chi connectivity index (χ0n) is 54.2. The van der Waals surface area contributed by atoms with Crippen molar-refractivity contribution in [3.05, 3.63) is 0 Å². The van der Waals surface area contributed by atoms with Crippen LogP contribution in [0.3, 0.4) is 0 Å². The lowest BCUT2D eigenvalue weighted by Crippen LogP contribution is -2.53. The highest BCUT2D eigenvalue weighted by Gasteiger charge is 2.28.